The average molecular weight is 198 g/mol. The lowest BCUT2D eigenvalue weighted by Gasteiger charge is -2.28. The van der Waals surface area contributed by atoms with Crippen molar-refractivity contribution in [1.29, 1.82) is 0 Å². The number of nitrogens with zero attached hydrogens (tertiary/aromatic N) is 4. The Morgan fingerprint density at radius 3 is 2.71 bits per heavy atom. The third kappa shape index (κ3) is 1.79. The van der Waals surface area contributed by atoms with E-state index in [2.05, 4.69) is 22.1 Å². The molecule has 0 saturated carbocycles. The molecule has 1 saturated heterocycles. The van der Waals surface area contributed by atoms with Crippen LogP contribution in [0.4, 0.5) is 5.88 Å². The second kappa shape index (κ2) is 3.83. The van der Waals surface area contributed by atoms with Gasteiger partial charge in [-0.1, -0.05) is 6.92 Å². The summed E-state index contributed by atoms with van der Waals surface area (Å²) < 4.78 is 4.81. The van der Waals surface area contributed by atoms with Crippen LogP contribution in [0.1, 0.15) is 6.92 Å². The van der Waals surface area contributed by atoms with Crippen LogP contribution in [0.15, 0.2) is 10.7 Å². The van der Waals surface area contributed by atoms with Gasteiger partial charge < -0.3 is 5.73 Å². The van der Waals surface area contributed by atoms with E-state index >= 15 is 0 Å². The van der Waals surface area contributed by atoms with Crippen molar-refractivity contribution in [2.75, 3.05) is 43.5 Å². The fourth-order valence-corrected chi connectivity index (χ4v) is 1.64. The van der Waals surface area contributed by atoms with Crippen LogP contribution in [0.25, 0.3) is 0 Å². The molecule has 1 aliphatic heterocycles. The van der Waals surface area contributed by atoms with Crippen molar-refractivity contribution in [3.8, 4) is 0 Å². The first-order valence-electron chi connectivity index (χ1n) is 4.91. The number of hydrogen-bond donors (Lipinski definition) is 1. The van der Waals surface area contributed by atoms with Gasteiger partial charge in [0.1, 0.15) is 0 Å². The summed E-state index contributed by atoms with van der Waals surface area (Å²) in [5, 5.41) is 5.93. The van der Waals surface area contributed by atoms with Crippen molar-refractivity contribution in [2.24, 2.45) is 0 Å². The van der Waals surface area contributed by atoms with Crippen molar-refractivity contribution in [1.82, 2.24) is 10.2 Å². The number of piperazine rings is 1. The topological polar surface area (TPSA) is 62.4 Å². The molecule has 0 unspecified atom stereocenters. The molecular weight excluding hydrogens is 182 g/mol. The van der Waals surface area contributed by atoms with Gasteiger partial charge in [-0.15, -0.1) is 0 Å². The normalized spacial score (nSPS) is 18.8. The number of nitrogen functional groups attached to an aromatic ring is 1. The van der Waals surface area contributed by atoms with E-state index in [1.807, 2.05) is 0 Å². The lowest BCUT2D eigenvalue weighted by Crippen LogP contribution is -2.65. The molecule has 0 radical (unpaired) electrons. The van der Waals surface area contributed by atoms with Crippen molar-refractivity contribution in [2.45, 2.75) is 6.92 Å². The van der Waals surface area contributed by atoms with Crippen molar-refractivity contribution in [3.05, 3.63) is 6.20 Å². The molecule has 0 spiro atoms. The maximum atomic E-state index is 5.45. The van der Waals surface area contributed by atoms with Crippen LogP contribution >= 0.6 is 0 Å². The first-order valence-corrected chi connectivity index (χ1v) is 4.91. The summed E-state index contributed by atoms with van der Waals surface area (Å²) >= 11 is 0. The molecule has 2 N–H and O–H groups in total. The maximum Gasteiger partial charge on any atom is 0.296 e. The maximum absolute atomic E-state index is 5.45. The summed E-state index contributed by atoms with van der Waals surface area (Å²) in [4.78, 5) is 4.09. The van der Waals surface area contributed by atoms with Crippen LogP contribution in [-0.2, 0) is 0 Å². The Morgan fingerprint density at radius 2 is 2.21 bits per heavy atom. The zero-order valence-corrected chi connectivity index (χ0v) is 8.39. The molecule has 6 heteroatoms. The van der Waals surface area contributed by atoms with Gasteiger partial charge in [0.25, 0.3) is 12.1 Å². The third-order valence-corrected chi connectivity index (χ3v) is 2.56. The van der Waals surface area contributed by atoms with Crippen molar-refractivity contribution < 1.29 is 9.31 Å². The van der Waals surface area contributed by atoms with Crippen LogP contribution in [0.5, 0.6) is 0 Å². The van der Waals surface area contributed by atoms with Crippen LogP contribution in [0.3, 0.4) is 0 Å². The Balaban J connectivity index is 1.95. The molecule has 1 aromatic rings. The minimum atomic E-state index is 0.350. The minimum absolute atomic E-state index is 0.350. The third-order valence-electron chi connectivity index (χ3n) is 2.56. The summed E-state index contributed by atoms with van der Waals surface area (Å²) in [6, 6.07) is 0. The second-order valence-corrected chi connectivity index (χ2v) is 3.41. The fourth-order valence-electron chi connectivity index (χ4n) is 1.64. The van der Waals surface area contributed by atoms with E-state index < -0.39 is 0 Å². The van der Waals surface area contributed by atoms with E-state index in [1.54, 1.807) is 11.0 Å². The predicted octanol–water partition coefficient (Wildman–Crippen LogP) is -1.18. The van der Waals surface area contributed by atoms with Crippen molar-refractivity contribution in [3.63, 3.8) is 0 Å². The first-order chi connectivity index (χ1) is 6.79. The monoisotopic (exact) mass is 198 g/mol. The molecule has 1 aliphatic rings. The van der Waals surface area contributed by atoms with Crippen LogP contribution < -0.4 is 15.5 Å². The Hall–Kier alpha value is -1.30. The standard InChI is InChI=1S/C8H16N5O/c1-2-11-3-5-12(6-4-11)13-7-8(9)14-10-13/h7H,2-6,9H2,1H3/q+1. The zero-order valence-electron chi connectivity index (χ0n) is 8.39. The van der Waals surface area contributed by atoms with Gasteiger partial charge in [0.15, 0.2) is 0 Å². The van der Waals surface area contributed by atoms with E-state index in [9.17, 15) is 0 Å². The largest absolute Gasteiger partial charge is 0.362 e. The van der Waals surface area contributed by atoms with Gasteiger partial charge in [-0.2, -0.15) is 5.01 Å². The number of aromatic nitrogens is 2. The molecule has 14 heavy (non-hydrogen) atoms. The van der Waals surface area contributed by atoms with Crippen molar-refractivity contribution >= 4 is 5.88 Å². The molecule has 78 valence electrons. The number of hydrogen-bond acceptors (Lipinski definition) is 5. The lowest BCUT2D eigenvalue weighted by molar-refractivity contribution is -0.759. The molecule has 2 rings (SSSR count). The van der Waals surface area contributed by atoms with Gasteiger partial charge in [0, 0.05) is 13.1 Å². The summed E-state index contributed by atoms with van der Waals surface area (Å²) in [7, 11) is 0. The molecule has 0 bridgehead atoms. The summed E-state index contributed by atoms with van der Waals surface area (Å²) in [6.07, 6.45) is 1.70. The summed E-state index contributed by atoms with van der Waals surface area (Å²) in [6.45, 7) is 7.35. The van der Waals surface area contributed by atoms with E-state index in [1.165, 1.54) is 0 Å². The van der Waals surface area contributed by atoms with Gasteiger partial charge in [0.2, 0.25) is 5.27 Å². The SMILES string of the molecule is CCN1CCN([n+]2cc(N)on2)CC1. The van der Waals surface area contributed by atoms with E-state index in [4.69, 9.17) is 10.3 Å². The Bertz CT molecular complexity index is 292. The molecule has 2 heterocycles. The van der Waals surface area contributed by atoms with Gasteiger partial charge in [-0.25, -0.2) is 0 Å². The van der Waals surface area contributed by atoms with E-state index in [-0.39, 0.29) is 0 Å². The van der Waals surface area contributed by atoms with Crippen LogP contribution in [-0.4, -0.2) is 42.9 Å². The van der Waals surface area contributed by atoms with Crippen LogP contribution in [0, 0.1) is 0 Å². The molecule has 0 atom stereocenters. The quantitative estimate of drug-likeness (QED) is 0.606. The number of rotatable bonds is 2. The first kappa shape index (κ1) is 9.26. The van der Waals surface area contributed by atoms with Gasteiger partial charge in [0.05, 0.1) is 17.9 Å². The molecule has 0 amide bonds. The van der Waals surface area contributed by atoms with E-state index in [0.29, 0.717) is 5.88 Å². The Labute approximate surface area is 82.8 Å². The molecule has 1 aromatic heterocycles. The predicted molar refractivity (Wildman–Crippen MR) is 51.2 cm³/mol. The molecular formula is C8H16N5O+. The number of likely N-dealkylation sites (N-methyl/N-ethyl adjacent to an activating group) is 1. The van der Waals surface area contributed by atoms with E-state index in [0.717, 1.165) is 32.7 Å². The number of anilines is 1. The highest BCUT2D eigenvalue weighted by molar-refractivity contribution is 5.11. The smallest absolute Gasteiger partial charge is 0.296 e. The van der Waals surface area contributed by atoms with Gasteiger partial charge in [-0.05, 0) is 6.54 Å². The fraction of sp³-hybridized carbons (Fsp3) is 0.750. The lowest BCUT2D eigenvalue weighted by atomic mass is 10.3. The average Bonchev–Trinajstić information content (AvgIpc) is 2.65. The summed E-state index contributed by atoms with van der Waals surface area (Å²) in [5.74, 6) is 0.350. The second-order valence-electron chi connectivity index (χ2n) is 3.41. The van der Waals surface area contributed by atoms with Crippen LogP contribution in [0.2, 0.25) is 0 Å². The van der Waals surface area contributed by atoms with Gasteiger partial charge >= 0.3 is 0 Å². The highest BCUT2D eigenvalue weighted by Crippen LogP contribution is 1.97. The molecule has 1 fully saturated rings. The molecule has 6 nitrogen and oxygen atoms in total. The highest BCUT2D eigenvalue weighted by Gasteiger charge is 2.24. The Kier molecular flexibility index (Phi) is 2.53. The summed E-state index contributed by atoms with van der Waals surface area (Å²) in [5.41, 5.74) is 5.45. The highest BCUT2D eigenvalue weighted by atomic mass is 16.5. The minimum Gasteiger partial charge on any atom is -0.362 e. The number of nitrogens with two attached hydrogens (primary N) is 1. The molecule has 0 aromatic carbocycles. The zero-order chi connectivity index (χ0) is 9.97. The van der Waals surface area contributed by atoms with Gasteiger partial charge in [-0.3, -0.25) is 9.42 Å². The Morgan fingerprint density at radius 1 is 1.50 bits per heavy atom. The molecule has 0 aliphatic carbocycles.